The van der Waals surface area contributed by atoms with Gasteiger partial charge in [0.2, 0.25) is 5.91 Å². The zero-order valence-electron chi connectivity index (χ0n) is 13.1. The Balaban J connectivity index is 1.71. The zero-order chi connectivity index (χ0) is 18.9. The van der Waals surface area contributed by atoms with Crippen LogP contribution in [0.5, 0.6) is 5.75 Å². The van der Waals surface area contributed by atoms with Crippen molar-refractivity contribution in [2.24, 2.45) is 0 Å². The van der Waals surface area contributed by atoms with Gasteiger partial charge in [0.25, 0.3) is 0 Å². The Hall–Kier alpha value is -2.74. The summed E-state index contributed by atoms with van der Waals surface area (Å²) in [6.07, 6.45) is -4.44. The predicted octanol–water partition coefficient (Wildman–Crippen LogP) is 3.72. The van der Waals surface area contributed by atoms with Crippen molar-refractivity contribution >= 4 is 34.9 Å². The number of anilines is 2. The summed E-state index contributed by atoms with van der Waals surface area (Å²) in [5.41, 5.74) is -0.105. The fraction of sp³-hybridized carbons (Fsp3) is 0.176. The van der Waals surface area contributed by atoms with Crippen molar-refractivity contribution in [2.75, 3.05) is 23.3 Å². The Labute approximate surface area is 151 Å². The van der Waals surface area contributed by atoms with Gasteiger partial charge in [0.1, 0.15) is 6.54 Å². The van der Waals surface area contributed by atoms with Crippen LogP contribution in [0.1, 0.15) is 5.56 Å². The molecule has 0 saturated heterocycles. The molecule has 0 bridgehead atoms. The third-order valence-electron chi connectivity index (χ3n) is 3.64. The van der Waals surface area contributed by atoms with E-state index in [0.717, 1.165) is 24.3 Å². The molecule has 5 nitrogen and oxygen atoms in total. The number of ether oxygens (including phenoxy) is 1. The molecule has 0 fully saturated rings. The maximum absolute atomic E-state index is 12.6. The van der Waals surface area contributed by atoms with Crippen LogP contribution in [0.3, 0.4) is 0 Å². The molecule has 2 aromatic carbocycles. The van der Waals surface area contributed by atoms with E-state index in [-0.39, 0.29) is 24.5 Å². The Morgan fingerprint density at radius 3 is 2.54 bits per heavy atom. The molecule has 0 aromatic heterocycles. The van der Waals surface area contributed by atoms with Gasteiger partial charge < -0.3 is 15.0 Å². The molecule has 136 valence electrons. The summed E-state index contributed by atoms with van der Waals surface area (Å²) in [4.78, 5) is 25.3. The average Bonchev–Trinajstić information content (AvgIpc) is 2.55. The lowest BCUT2D eigenvalue weighted by atomic mass is 10.2. The fourth-order valence-electron chi connectivity index (χ4n) is 2.48. The van der Waals surface area contributed by atoms with Crippen LogP contribution in [0.2, 0.25) is 5.02 Å². The fourth-order valence-corrected chi connectivity index (χ4v) is 2.64. The monoisotopic (exact) mass is 384 g/mol. The van der Waals surface area contributed by atoms with Crippen LogP contribution >= 0.6 is 11.6 Å². The normalized spacial score (nSPS) is 13.8. The summed E-state index contributed by atoms with van der Waals surface area (Å²) in [6.45, 7) is -0.336. The van der Waals surface area contributed by atoms with Crippen molar-refractivity contribution in [1.29, 1.82) is 0 Å². The number of nitrogens with one attached hydrogen (secondary N) is 1. The number of hydrogen-bond acceptors (Lipinski definition) is 4. The Bertz CT molecular complexity index is 853. The summed E-state index contributed by atoms with van der Waals surface area (Å²) >= 11 is 5.94. The first-order chi connectivity index (χ1) is 12.2. The van der Waals surface area contributed by atoms with Gasteiger partial charge in [-0.25, -0.2) is 4.79 Å². The second-order valence-corrected chi connectivity index (χ2v) is 6.00. The smallest absolute Gasteiger partial charge is 0.416 e. The Kier molecular flexibility index (Phi) is 4.78. The lowest BCUT2D eigenvalue weighted by Gasteiger charge is -2.29. The van der Waals surface area contributed by atoms with Crippen LogP contribution in [-0.4, -0.2) is 25.0 Å². The molecular formula is C17H12ClF3N2O3. The van der Waals surface area contributed by atoms with Crippen molar-refractivity contribution < 1.29 is 27.5 Å². The van der Waals surface area contributed by atoms with E-state index >= 15 is 0 Å². The van der Waals surface area contributed by atoms with Crippen LogP contribution in [0, 0.1) is 0 Å². The minimum atomic E-state index is -4.44. The zero-order valence-corrected chi connectivity index (χ0v) is 13.9. The summed E-state index contributed by atoms with van der Waals surface area (Å²) in [7, 11) is 0. The van der Waals surface area contributed by atoms with Gasteiger partial charge in [-0.05, 0) is 42.5 Å². The number of carbonyl (C=O) groups excluding carboxylic acids is 2. The minimum Gasteiger partial charge on any atom is -0.423 e. The second kappa shape index (κ2) is 6.87. The molecule has 9 heteroatoms. The number of halogens is 4. The number of nitrogens with zero attached hydrogens (tertiary/aromatic N) is 1. The minimum absolute atomic E-state index is 0.145. The molecule has 26 heavy (non-hydrogen) atoms. The molecule has 1 aliphatic heterocycles. The van der Waals surface area contributed by atoms with Gasteiger partial charge in [-0.2, -0.15) is 13.2 Å². The first kappa shape index (κ1) is 18.1. The van der Waals surface area contributed by atoms with E-state index in [0.29, 0.717) is 10.7 Å². The van der Waals surface area contributed by atoms with Gasteiger partial charge in [0.15, 0.2) is 5.75 Å². The molecule has 1 N–H and O–H groups in total. The number of esters is 1. The molecule has 0 aliphatic carbocycles. The average molecular weight is 385 g/mol. The van der Waals surface area contributed by atoms with Crippen LogP contribution in [0.4, 0.5) is 24.5 Å². The number of rotatable bonds is 3. The maximum atomic E-state index is 12.6. The van der Waals surface area contributed by atoms with Crippen LogP contribution in [0.25, 0.3) is 0 Å². The Morgan fingerprint density at radius 1 is 1.19 bits per heavy atom. The third-order valence-corrected chi connectivity index (χ3v) is 3.87. The van der Waals surface area contributed by atoms with Crippen molar-refractivity contribution in [3.05, 3.63) is 53.1 Å². The molecule has 0 radical (unpaired) electrons. The molecule has 2 aromatic rings. The topological polar surface area (TPSA) is 58.6 Å². The summed E-state index contributed by atoms with van der Waals surface area (Å²) < 4.78 is 42.7. The maximum Gasteiger partial charge on any atom is 0.416 e. The Morgan fingerprint density at radius 2 is 1.88 bits per heavy atom. The molecule has 0 saturated carbocycles. The van der Waals surface area contributed by atoms with Crippen LogP contribution < -0.4 is 15.0 Å². The largest absolute Gasteiger partial charge is 0.423 e. The van der Waals surface area contributed by atoms with E-state index in [2.05, 4.69) is 5.32 Å². The molecule has 0 atom stereocenters. The van der Waals surface area contributed by atoms with Gasteiger partial charge in [-0.15, -0.1) is 0 Å². The molecule has 1 amide bonds. The van der Waals surface area contributed by atoms with E-state index in [9.17, 15) is 22.8 Å². The van der Waals surface area contributed by atoms with E-state index in [1.54, 1.807) is 12.1 Å². The highest BCUT2D eigenvalue weighted by Gasteiger charge is 2.30. The molecule has 1 heterocycles. The molecule has 0 spiro atoms. The second-order valence-electron chi connectivity index (χ2n) is 5.57. The van der Waals surface area contributed by atoms with E-state index < -0.39 is 23.6 Å². The van der Waals surface area contributed by atoms with E-state index in [1.165, 1.54) is 11.0 Å². The van der Waals surface area contributed by atoms with E-state index in [4.69, 9.17) is 16.3 Å². The summed E-state index contributed by atoms with van der Waals surface area (Å²) in [5.74, 6) is -0.736. The highest BCUT2D eigenvalue weighted by molar-refractivity contribution is 6.31. The SMILES string of the molecule is O=C(CN1CC(=O)Oc2ccc(Cl)cc21)Nc1ccc(C(F)(F)F)cc1. The first-order valence-electron chi connectivity index (χ1n) is 7.44. The summed E-state index contributed by atoms with van der Waals surface area (Å²) in [6, 6.07) is 8.72. The van der Waals surface area contributed by atoms with Gasteiger partial charge in [-0.3, -0.25) is 4.79 Å². The highest BCUT2D eigenvalue weighted by atomic mass is 35.5. The quantitative estimate of drug-likeness (QED) is 0.647. The van der Waals surface area contributed by atoms with Gasteiger partial charge in [0.05, 0.1) is 17.8 Å². The number of alkyl halides is 3. The van der Waals surface area contributed by atoms with Crippen molar-refractivity contribution in [2.45, 2.75) is 6.18 Å². The molecule has 0 unspecified atom stereocenters. The molecular weight excluding hydrogens is 373 g/mol. The van der Waals surface area contributed by atoms with Crippen molar-refractivity contribution in [3.8, 4) is 5.75 Å². The van der Waals surface area contributed by atoms with Gasteiger partial charge in [-0.1, -0.05) is 11.6 Å². The number of benzene rings is 2. The number of amides is 1. The standard InChI is InChI=1S/C17H12ClF3N2O3/c18-11-3-6-14-13(7-11)23(9-16(25)26-14)8-15(24)22-12-4-1-10(2-5-12)17(19,20)21/h1-7H,8-9H2,(H,22,24). The highest BCUT2D eigenvalue weighted by Crippen LogP contribution is 2.34. The van der Waals surface area contributed by atoms with Gasteiger partial charge >= 0.3 is 12.1 Å². The number of carbonyl (C=O) groups is 2. The van der Waals surface area contributed by atoms with Crippen LogP contribution in [0.15, 0.2) is 42.5 Å². The predicted molar refractivity (Wildman–Crippen MR) is 89.4 cm³/mol. The summed E-state index contributed by atoms with van der Waals surface area (Å²) in [5, 5.41) is 2.91. The number of hydrogen-bond donors (Lipinski definition) is 1. The molecule has 1 aliphatic rings. The van der Waals surface area contributed by atoms with Gasteiger partial charge in [0, 0.05) is 10.7 Å². The third kappa shape index (κ3) is 4.08. The van der Waals surface area contributed by atoms with Crippen molar-refractivity contribution in [1.82, 2.24) is 0 Å². The first-order valence-corrected chi connectivity index (χ1v) is 7.82. The lowest BCUT2D eigenvalue weighted by molar-refractivity contribution is -0.137. The van der Waals surface area contributed by atoms with E-state index in [1.807, 2.05) is 0 Å². The lowest BCUT2D eigenvalue weighted by Crippen LogP contribution is -2.41. The van der Waals surface area contributed by atoms with Crippen LogP contribution in [-0.2, 0) is 15.8 Å². The van der Waals surface area contributed by atoms with Crippen molar-refractivity contribution in [3.63, 3.8) is 0 Å². The molecule has 3 rings (SSSR count). The number of fused-ring (bicyclic) bond motifs is 1.